The molecule has 0 amide bonds. The molecule has 0 aromatic heterocycles. The predicted molar refractivity (Wildman–Crippen MR) is 77.6 cm³/mol. The molecule has 1 heterocycles. The smallest absolute Gasteiger partial charge is 0.123 e. The van der Waals surface area contributed by atoms with E-state index in [4.69, 9.17) is 5.73 Å². The Labute approximate surface area is 115 Å². The summed E-state index contributed by atoms with van der Waals surface area (Å²) in [4.78, 5) is 2.52. The van der Waals surface area contributed by atoms with Gasteiger partial charge in [0.25, 0.3) is 0 Å². The third-order valence-corrected chi connectivity index (χ3v) is 4.43. The Morgan fingerprint density at radius 1 is 1.21 bits per heavy atom. The van der Waals surface area contributed by atoms with E-state index < -0.39 is 0 Å². The minimum absolute atomic E-state index is 0.172. The Bertz CT molecular complexity index is 380. The second-order valence-electron chi connectivity index (χ2n) is 5.86. The number of likely N-dealkylation sites (tertiary alicyclic amines) is 1. The number of benzene rings is 1. The Balaban J connectivity index is 2.01. The zero-order valence-corrected chi connectivity index (χ0v) is 12.0. The fraction of sp³-hybridized carbons (Fsp3) is 0.625. The van der Waals surface area contributed by atoms with E-state index in [0.29, 0.717) is 24.4 Å². The summed E-state index contributed by atoms with van der Waals surface area (Å²) in [5.41, 5.74) is 7.15. The quantitative estimate of drug-likeness (QED) is 0.906. The Kier molecular flexibility index (Phi) is 4.94. The van der Waals surface area contributed by atoms with E-state index in [1.807, 2.05) is 12.1 Å². The van der Waals surface area contributed by atoms with Gasteiger partial charge in [0.05, 0.1) is 0 Å². The number of rotatable bonds is 4. The highest BCUT2D eigenvalue weighted by atomic mass is 19.1. The van der Waals surface area contributed by atoms with E-state index in [9.17, 15) is 4.39 Å². The normalized spacial score (nSPS) is 19.8. The molecule has 0 spiro atoms. The summed E-state index contributed by atoms with van der Waals surface area (Å²) in [5.74, 6) is 0.828. The van der Waals surface area contributed by atoms with Gasteiger partial charge in [-0.3, -0.25) is 0 Å². The molecule has 0 aliphatic carbocycles. The molecule has 1 unspecified atom stereocenters. The van der Waals surface area contributed by atoms with Crippen molar-refractivity contribution in [1.82, 2.24) is 4.90 Å². The van der Waals surface area contributed by atoms with Crippen molar-refractivity contribution in [1.29, 1.82) is 0 Å². The van der Waals surface area contributed by atoms with Gasteiger partial charge in [0, 0.05) is 6.04 Å². The fourth-order valence-electron chi connectivity index (χ4n) is 3.15. The van der Waals surface area contributed by atoms with Gasteiger partial charge in [-0.15, -0.1) is 0 Å². The molecular formula is C16H25FN2. The molecule has 2 N–H and O–H groups in total. The minimum atomic E-state index is -0.172. The third kappa shape index (κ3) is 3.54. The first kappa shape index (κ1) is 14.5. The van der Waals surface area contributed by atoms with Gasteiger partial charge in [-0.25, -0.2) is 4.39 Å². The van der Waals surface area contributed by atoms with Crippen molar-refractivity contribution in [2.75, 3.05) is 19.6 Å². The lowest BCUT2D eigenvalue weighted by molar-refractivity contribution is 0.138. The van der Waals surface area contributed by atoms with Crippen molar-refractivity contribution in [2.45, 2.75) is 38.6 Å². The first-order valence-corrected chi connectivity index (χ1v) is 7.31. The molecule has 0 bridgehead atoms. The molecule has 1 aromatic carbocycles. The van der Waals surface area contributed by atoms with Crippen LogP contribution >= 0.6 is 0 Å². The average Bonchev–Trinajstić information content (AvgIpc) is 2.42. The van der Waals surface area contributed by atoms with Crippen LogP contribution in [-0.2, 0) is 0 Å². The highest BCUT2D eigenvalue weighted by Gasteiger charge is 2.27. The van der Waals surface area contributed by atoms with Gasteiger partial charge in [0.15, 0.2) is 0 Å². The lowest BCUT2D eigenvalue weighted by atomic mass is 9.80. The summed E-state index contributed by atoms with van der Waals surface area (Å²) in [6, 6.07) is 7.49. The van der Waals surface area contributed by atoms with Gasteiger partial charge >= 0.3 is 0 Å². The molecule has 0 radical (unpaired) electrons. The second kappa shape index (κ2) is 6.49. The number of nitrogens with two attached hydrogens (primary N) is 1. The Hall–Kier alpha value is -0.930. The standard InChI is InChI=1S/C16H25FN2/c1-12(2)19-9-7-14(8-10-19)16(11-18)13-3-5-15(17)6-4-13/h3-6,12,14,16H,7-11,18H2,1-2H3. The molecule has 1 fully saturated rings. The SMILES string of the molecule is CC(C)N1CCC(C(CN)c2ccc(F)cc2)CC1. The third-order valence-electron chi connectivity index (χ3n) is 4.43. The van der Waals surface area contributed by atoms with Gasteiger partial charge in [-0.1, -0.05) is 12.1 Å². The number of hydrogen-bond acceptors (Lipinski definition) is 2. The van der Waals surface area contributed by atoms with Gasteiger partial charge in [0.1, 0.15) is 5.82 Å². The van der Waals surface area contributed by atoms with Crippen molar-refractivity contribution >= 4 is 0 Å². The van der Waals surface area contributed by atoms with E-state index >= 15 is 0 Å². The van der Waals surface area contributed by atoms with E-state index in [-0.39, 0.29) is 5.82 Å². The minimum Gasteiger partial charge on any atom is -0.330 e. The maximum absolute atomic E-state index is 13.0. The maximum Gasteiger partial charge on any atom is 0.123 e. The van der Waals surface area contributed by atoms with Crippen LogP contribution in [-0.4, -0.2) is 30.6 Å². The first-order valence-electron chi connectivity index (χ1n) is 7.31. The monoisotopic (exact) mass is 264 g/mol. The molecule has 19 heavy (non-hydrogen) atoms. The van der Waals surface area contributed by atoms with Gasteiger partial charge in [0.2, 0.25) is 0 Å². The molecule has 1 atom stereocenters. The van der Waals surface area contributed by atoms with E-state index in [1.54, 1.807) is 12.1 Å². The molecule has 106 valence electrons. The highest BCUT2D eigenvalue weighted by Crippen LogP contribution is 2.32. The van der Waals surface area contributed by atoms with Crippen LogP contribution < -0.4 is 5.73 Å². The zero-order chi connectivity index (χ0) is 13.8. The topological polar surface area (TPSA) is 29.3 Å². The zero-order valence-electron chi connectivity index (χ0n) is 12.0. The number of halogens is 1. The number of hydrogen-bond donors (Lipinski definition) is 1. The summed E-state index contributed by atoms with van der Waals surface area (Å²) in [7, 11) is 0. The lowest BCUT2D eigenvalue weighted by Gasteiger charge is -2.37. The molecule has 1 aromatic rings. The van der Waals surface area contributed by atoms with Crippen LogP contribution in [0.2, 0.25) is 0 Å². The number of piperidine rings is 1. The van der Waals surface area contributed by atoms with Crippen LogP contribution in [0.1, 0.15) is 38.2 Å². The van der Waals surface area contributed by atoms with Crippen molar-refractivity contribution in [3.05, 3.63) is 35.6 Å². The first-order chi connectivity index (χ1) is 9.11. The van der Waals surface area contributed by atoms with Gasteiger partial charge in [-0.05, 0) is 75.9 Å². The molecule has 2 rings (SSSR count). The van der Waals surface area contributed by atoms with Crippen LogP contribution in [0, 0.1) is 11.7 Å². The summed E-state index contributed by atoms with van der Waals surface area (Å²) in [5, 5.41) is 0. The summed E-state index contributed by atoms with van der Waals surface area (Å²) >= 11 is 0. The second-order valence-corrected chi connectivity index (χ2v) is 5.86. The van der Waals surface area contributed by atoms with E-state index in [2.05, 4.69) is 18.7 Å². The largest absolute Gasteiger partial charge is 0.330 e. The highest BCUT2D eigenvalue weighted by molar-refractivity contribution is 5.22. The summed E-state index contributed by atoms with van der Waals surface area (Å²) in [6.07, 6.45) is 2.38. The Morgan fingerprint density at radius 2 is 1.79 bits per heavy atom. The molecule has 0 saturated carbocycles. The van der Waals surface area contributed by atoms with Crippen LogP contribution in [0.3, 0.4) is 0 Å². The van der Waals surface area contributed by atoms with E-state index in [0.717, 1.165) is 13.1 Å². The average molecular weight is 264 g/mol. The molecule has 3 heteroatoms. The van der Waals surface area contributed by atoms with Crippen molar-refractivity contribution in [3.8, 4) is 0 Å². The van der Waals surface area contributed by atoms with Crippen LogP contribution in [0.25, 0.3) is 0 Å². The summed E-state index contributed by atoms with van der Waals surface area (Å²) < 4.78 is 13.0. The molecular weight excluding hydrogens is 239 g/mol. The van der Waals surface area contributed by atoms with Crippen molar-refractivity contribution < 1.29 is 4.39 Å². The lowest BCUT2D eigenvalue weighted by Crippen LogP contribution is -2.40. The molecule has 1 aliphatic rings. The molecule has 1 aliphatic heterocycles. The predicted octanol–water partition coefficient (Wildman–Crippen LogP) is 2.99. The summed E-state index contributed by atoms with van der Waals surface area (Å²) in [6.45, 7) is 7.46. The fourth-order valence-corrected chi connectivity index (χ4v) is 3.15. The van der Waals surface area contributed by atoms with Gasteiger partial charge in [-0.2, -0.15) is 0 Å². The Morgan fingerprint density at radius 3 is 2.26 bits per heavy atom. The van der Waals surface area contributed by atoms with Crippen molar-refractivity contribution in [2.24, 2.45) is 11.7 Å². The maximum atomic E-state index is 13.0. The molecule has 2 nitrogen and oxygen atoms in total. The molecule has 1 saturated heterocycles. The van der Waals surface area contributed by atoms with Gasteiger partial charge < -0.3 is 10.6 Å². The van der Waals surface area contributed by atoms with Crippen molar-refractivity contribution in [3.63, 3.8) is 0 Å². The van der Waals surface area contributed by atoms with E-state index in [1.165, 1.54) is 18.4 Å². The van der Waals surface area contributed by atoms with Crippen LogP contribution in [0.15, 0.2) is 24.3 Å². The van der Waals surface area contributed by atoms with Crippen LogP contribution in [0.4, 0.5) is 4.39 Å². The van der Waals surface area contributed by atoms with Crippen LogP contribution in [0.5, 0.6) is 0 Å². The number of nitrogens with zero attached hydrogens (tertiary/aromatic N) is 1.